The van der Waals surface area contributed by atoms with E-state index < -0.39 is 0 Å². The van der Waals surface area contributed by atoms with Crippen LogP contribution >= 0.6 is 0 Å². The molecule has 2 unspecified atom stereocenters. The lowest BCUT2D eigenvalue weighted by atomic mass is 10.1. The molecule has 2 aliphatic rings. The van der Waals surface area contributed by atoms with E-state index >= 15 is 0 Å². The van der Waals surface area contributed by atoms with Crippen LogP contribution < -0.4 is 5.73 Å². The highest BCUT2D eigenvalue weighted by Crippen LogP contribution is 2.54. The monoisotopic (exact) mass is 196 g/mol. The van der Waals surface area contributed by atoms with Gasteiger partial charge in [0.05, 0.1) is 11.8 Å². The fourth-order valence-corrected chi connectivity index (χ4v) is 2.41. The van der Waals surface area contributed by atoms with E-state index in [0.717, 1.165) is 0 Å². The molecule has 1 aliphatic carbocycles. The highest BCUT2D eigenvalue weighted by Gasteiger charge is 2.67. The molecule has 2 rings (SSSR count). The topological polar surface area (TPSA) is 63.4 Å². The molecule has 0 spiro atoms. The summed E-state index contributed by atoms with van der Waals surface area (Å²) in [7, 11) is 0. The normalized spacial score (nSPS) is 36.3. The molecule has 0 aromatic carbocycles. The summed E-state index contributed by atoms with van der Waals surface area (Å²) in [5.74, 6) is -0.141. The molecule has 4 heteroatoms. The lowest BCUT2D eigenvalue weighted by Crippen LogP contribution is -2.48. The molecule has 78 valence electrons. The average Bonchev–Trinajstić information content (AvgIpc) is 2.68. The fraction of sp³-hybridized carbons (Fsp3) is 0.800. The number of piperidine rings is 1. The van der Waals surface area contributed by atoms with Crippen LogP contribution in [0.5, 0.6) is 0 Å². The summed E-state index contributed by atoms with van der Waals surface area (Å²) < 4.78 is 0. The first kappa shape index (κ1) is 9.65. The number of fused-ring (bicyclic) bond motifs is 1. The molecule has 14 heavy (non-hydrogen) atoms. The fourth-order valence-electron chi connectivity index (χ4n) is 2.41. The van der Waals surface area contributed by atoms with Crippen molar-refractivity contribution in [3.8, 4) is 0 Å². The molecule has 0 aromatic rings. The van der Waals surface area contributed by atoms with Crippen molar-refractivity contribution in [2.24, 2.45) is 23.5 Å². The summed E-state index contributed by atoms with van der Waals surface area (Å²) in [6.45, 7) is 6.09. The van der Waals surface area contributed by atoms with Crippen LogP contribution in [-0.2, 0) is 9.59 Å². The standard InChI is InChI=1S/C10H16N2O2/c1-10(2,3)12-8(13)6-5(4-11)7(6)9(12)14/h5-7H,4,11H2,1-3H3. The van der Waals surface area contributed by atoms with Crippen LogP contribution in [0, 0.1) is 17.8 Å². The van der Waals surface area contributed by atoms with E-state index in [2.05, 4.69) is 0 Å². The molecule has 0 bridgehead atoms. The summed E-state index contributed by atoms with van der Waals surface area (Å²) in [6, 6.07) is 0. The molecule has 1 aliphatic heterocycles. The van der Waals surface area contributed by atoms with E-state index in [0.29, 0.717) is 6.54 Å². The predicted octanol–water partition coefficient (Wildman–Crippen LogP) is -0.0254. The van der Waals surface area contributed by atoms with Gasteiger partial charge in [-0.25, -0.2) is 0 Å². The van der Waals surface area contributed by atoms with Crippen molar-refractivity contribution in [3.63, 3.8) is 0 Å². The summed E-state index contributed by atoms with van der Waals surface area (Å²) in [5.41, 5.74) is 5.09. The number of amides is 2. The van der Waals surface area contributed by atoms with Gasteiger partial charge in [0.1, 0.15) is 0 Å². The zero-order chi connectivity index (χ0) is 10.7. The highest BCUT2D eigenvalue weighted by atomic mass is 16.2. The zero-order valence-corrected chi connectivity index (χ0v) is 8.78. The molecule has 0 aromatic heterocycles. The smallest absolute Gasteiger partial charge is 0.233 e. The summed E-state index contributed by atoms with van der Waals surface area (Å²) in [4.78, 5) is 25.0. The third kappa shape index (κ3) is 1.03. The van der Waals surface area contributed by atoms with E-state index in [4.69, 9.17) is 5.73 Å². The molecule has 4 nitrogen and oxygen atoms in total. The molecular formula is C10H16N2O2. The van der Waals surface area contributed by atoms with Crippen molar-refractivity contribution in [3.05, 3.63) is 0 Å². The minimum Gasteiger partial charge on any atom is -0.330 e. The van der Waals surface area contributed by atoms with Crippen LogP contribution in [0.4, 0.5) is 0 Å². The Kier molecular flexibility index (Phi) is 1.77. The number of carbonyl (C=O) groups excluding carboxylic acids is 2. The number of rotatable bonds is 1. The summed E-state index contributed by atoms with van der Waals surface area (Å²) in [5, 5.41) is 0. The van der Waals surface area contributed by atoms with Crippen molar-refractivity contribution >= 4 is 11.8 Å². The van der Waals surface area contributed by atoms with E-state index in [1.54, 1.807) is 0 Å². The van der Waals surface area contributed by atoms with Crippen LogP contribution in [0.3, 0.4) is 0 Å². The van der Waals surface area contributed by atoms with Crippen molar-refractivity contribution in [2.75, 3.05) is 6.54 Å². The maximum Gasteiger partial charge on any atom is 0.233 e. The van der Waals surface area contributed by atoms with E-state index in [-0.39, 0.29) is 35.1 Å². The van der Waals surface area contributed by atoms with Crippen molar-refractivity contribution < 1.29 is 9.59 Å². The van der Waals surface area contributed by atoms with E-state index in [1.807, 2.05) is 20.8 Å². The van der Waals surface area contributed by atoms with E-state index in [9.17, 15) is 9.59 Å². The summed E-state index contributed by atoms with van der Waals surface area (Å²) >= 11 is 0. The first-order valence-electron chi connectivity index (χ1n) is 4.97. The third-order valence-electron chi connectivity index (χ3n) is 3.12. The second kappa shape index (κ2) is 2.57. The second-order valence-electron chi connectivity index (χ2n) is 5.13. The van der Waals surface area contributed by atoms with Crippen molar-refractivity contribution in [2.45, 2.75) is 26.3 Å². The lowest BCUT2D eigenvalue weighted by molar-refractivity contribution is -0.147. The first-order chi connectivity index (χ1) is 6.39. The Morgan fingerprint density at radius 2 is 1.64 bits per heavy atom. The molecule has 1 saturated carbocycles. The molecule has 2 amide bonds. The van der Waals surface area contributed by atoms with E-state index in [1.165, 1.54) is 4.90 Å². The van der Waals surface area contributed by atoms with Crippen LogP contribution in [0.1, 0.15) is 20.8 Å². The Balaban J connectivity index is 2.22. The maximum absolute atomic E-state index is 11.8. The molecule has 1 heterocycles. The van der Waals surface area contributed by atoms with Gasteiger partial charge in [0.2, 0.25) is 11.8 Å². The van der Waals surface area contributed by atoms with Crippen LogP contribution in [0.15, 0.2) is 0 Å². The Hall–Kier alpha value is -0.900. The Labute approximate surface area is 83.4 Å². The van der Waals surface area contributed by atoms with Gasteiger partial charge in [-0.3, -0.25) is 14.5 Å². The summed E-state index contributed by atoms with van der Waals surface area (Å²) in [6.07, 6.45) is 0. The van der Waals surface area contributed by atoms with Gasteiger partial charge >= 0.3 is 0 Å². The van der Waals surface area contributed by atoms with Crippen LogP contribution in [-0.4, -0.2) is 28.8 Å². The molecule has 1 saturated heterocycles. The van der Waals surface area contributed by atoms with Gasteiger partial charge in [0, 0.05) is 5.54 Å². The third-order valence-corrected chi connectivity index (χ3v) is 3.12. The molecule has 2 atom stereocenters. The van der Waals surface area contributed by atoms with Gasteiger partial charge in [-0.2, -0.15) is 0 Å². The maximum atomic E-state index is 11.8. The number of hydrogen-bond donors (Lipinski definition) is 1. The minimum atomic E-state index is -0.388. The Morgan fingerprint density at radius 3 is 1.93 bits per heavy atom. The predicted molar refractivity (Wildman–Crippen MR) is 51.1 cm³/mol. The molecule has 0 radical (unpaired) electrons. The van der Waals surface area contributed by atoms with Crippen molar-refractivity contribution in [1.29, 1.82) is 0 Å². The van der Waals surface area contributed by atoms with Gasteiger partial charge in [-0.15, -0.1) is 0 Å². The van der Waals surface area contributed by atoms with Gasteiger partial charge in [-0.1, -0.05) is 0 Å². The molecule has 2 fully saturated rings. The largest absolute Gasteiger partial charge is 0.330 e. The molecular weight excluding hydrogens is 180 g/mol. The van der Waals surface area contributed by atoms with Gasteiger partial charge in [0.15, 0.2) is 0 Å². The van der Waals surface area contributed by atoms with Gasteiger partial charge in [-0.05, 0) is 33.2 Å². The number of carbonyl (C=O) groups is 2. The minimum absolute atomic E-state index is 0.0250. The van der Waals surface area contributed by atoms with Crippen LogP contribution in [0.25, 0.3) is 0 Å². The van der Waals surface area contributed by atoms with Gasteiger partial charge in [0.25, 0.3) is 0 Å². The van der Waals surface area contributed by atoms with Crippen LogP contribution in [0.2, 0.25) is 0 Å². The number of likely N-dealkylation sites (tertiary alicyclic amines) is 1. The Morgan fingerprint density at radius 1 is 1.21 bits per heavy atom. The van der Waals surface area contributed by atoms with Crippen molar-refractivity contribution in [1.82, 2.24) is 4.90 Å². The highest BCUT2D eigenvalue weighted by molar-refractivity contribution is 6.10. The number of nitrogens with zero attached hydrogens (tertiary/aromatic N) is 1. The number of imide groups is 1. The SMILES string of the molecule is CC(C)(C)N1C(=O)C2C(CN)C2C1=O. The number of hydrogen-bond acceptors (Lipinski definition) is 3. The Bertz CT molecular complexity index is 284. The number of nitrogens with two attached hydrogens (primary N) is 1. The lowest BCUT2D eigenvalue weighted by Gasteiger charge is -2.31. The first-order valence-corrected chi connectivity index (χ1v) is 4.97. The average molecular weight is 196 g/mol. The van der Waals surface area contributed by atoms with Gasteiger partial charge < -0.3 is 5.73 Å². The zero-order valence-electron chi connectivity index (χ0n) is 8.78. The quantitative estimate of drug-likeness (QED) is 0.599. The second-order valence-corrected chi connectivity index (χ2v) is 5.13. The molecule has 2 N–H and O–H groups in total.